The molecule has 1 aliphatic carbocycles. The van der Waals surface area contributed by atoms with E-state index < -0.39 is 81.6 Å². The van der Waals surface area contributed by atoms with Crippen LogP contribution < -0.4 is 21.3 Å². The van der Waals surface area contributed by atoms with Gasteiger partial charge in [0.2, 0.25) is 34.2 Å². The van der Waals surface area contributed by atoms with Crippen LogP contribution in [0, 0.1) is 28.1 Å². The van der Waals surface area contributed by atoms with Gasteiger partial charge in [-0.2, -0.15) is 0 Å². The molecule has 1 heterocycles. The third-order valence-corrected chi connectivity index (χ3v) is 11.8. The Balaban J connectivity index is 1.81. The van der Waals surface area contributed by atoms with Gasteiger partial charge in [-0.1, -0.05) is 92.6 Å². The van der Waals surface area contributed by atoms with Crippen molar-refractivity contribution in [3.63, 3.8) is 0 Å². The van der Waals surface area contributed by atoms with E-state index in [9.17, 15) is 36.4 Å². The van der Waals surface area contributed by atoms with E-state index in [0.717, 1.165) is 16.1 Å². The summed E-state index contributed by atoms with van der Waals surface area (Å²) in [6.07, 6.45) is -2.70. The van der Waals surface area contributed by atoms with Gasteiger partial charge >= 0.3 is 6.03 Å². The van der Waals surface area contributed by atoms with Gasteiger partial charge in [0.05, 0.1) is 6.26 Å². The first-order chi connectivity index (χ1) is 23.3. The molecule has 1 aliphatic heterocycles. The molecule has 0 bridgehead atoms. The van der Waals surface area contributed by atoms with Gasteiger partial charge in [0, 0.05) is 39.1 Å². The van der Waals surface area contributed by atoms with Gasteiger partial charge in [0.25, 0.3) is 0 Å². The quantitative estimate of drug-likeness (QED) is 0.229. The Bertz CT molecular complexity index is 1530. The molecule has 51 heavy (non-hydrogen) atoms. The van der Waals surface area contributed by atoms with E-state index in [4.69, 9.17) is 0 Å². The number of urea groups is 1. The second kappa shape index (κ2) is 15.7. The SMILES string of the molecule is CC(CNC(=O)[C@H](CC(F)F)NC(=O)[C@@H]1[C@@H]2[C@H](CN1C(=O)[C@@H](NC(=O)N[C@H](CN(C)S(C)(=O)=O)C(C)(C)C)C(C)(C)C)C2(C)C)c1ccccc1. The summed E-state index contributed by atoms with van der Waals surface area (Å²) in [6, 6.07) is 4.41. The summed E-state index contributed by atoms with van der Waals surface area (Å²) < 4.78 is 52.8. The molecule has 4 N–H and O–H groups in total. The molecule has 2 aliphatic rings. The lowest BCUT2D eigenvalue weighted by Gasteiger charge is -2.39. The van der Waals surface area contributed by atoms with Crippen LogP contribution in [0.1, 0.15) is 80.2 Å². The molecule has 12 nitrogen and oxygen atoms in total. The molecule has 1 saturated carbocycles. The zero-order valence-corrected chi connectivity index (χ0v) is 32.7. The Morgan fingerprint density at radius 1 is 0.980 bits per heavy atom. The van der Waals surface area contributed by atoms with Crippen LogP contribution in [-0.4, -0.2) is 105 Å². The first-order valence-corrected chi connectivity index (χ1v) is 19.3. The lowest BCUT2D eigenvalue weighted by molar-refractivity contribution is -0.144. The van der Waals surface area contributed by atoms with E-state index in [-0.39, 0.29) is 42.8 Å². The van der Waals surface area contributed by atoms with Crippen molar-refractivity contribution in [1.29, 1.82) is 0 Å². The highest BCUT2D eigenvalue weighted by Crippen LogP contribution is 2.65. The average Bonchev–Trinajstić information content (AvgIpc) is 3.31. The monoisotopic (exact) mass is 740 g/mol. The van der Waals surface area contributed by atoms with Gasteiger partial charge in [-0.25, -0.2) is 26.3 Å². The third kappa shape index (κ3) is 10.6. The van der Waals surface area contributed by atoms with Crippen molar-refractivity contribution in [3.8, 4) is 0 Å². The average molecular weight is 741 g/mol. The van der Waals surface area contributed by atoms with Crippen molar-refractivity contribution in [1.82, 2.24) is 30.5 Å². The molecule has 0 radical (unpaired) electrons. The van der Waals surface area contributed by atoms with Crippen molar-refractivity contribution in [2.75, 3.05) is 32.9 Å². The molecular weight excluding hydrogens is 682 g/mol. The number of fused-ring (bicyclic) bond motifs is 1. The standard InChI is InChI=1S/C36H58F2N6O6S/c1-21(22-15-13-12-14-16-22)18-39-30(45)24(17-26(37)38)40-31(46)28-27-23(36(27,8)9)19-44(28)32(47)29(35(5,6)7)42-33(48)41-25(34(2,3)4)20-43(10)51(11,49)50/h12-16,21,23-29H,17-20H2,1-11H3,(H,39,45)(H,40,46)(H2,41,42,48)/t21?,23-,24-,25+,27-,28-,29+/m0/s1. The predicted molar refractivity (Wildman–Crippen MR) is 192 cm³/mol. The van der Waals surface area contributed by atoms with Crippen molar-refractivity contribution < 1.29 is 36.4 Å². The van der Waals surface area contributed by atoms with Gasteiger partial charge in [0.15, 0.2) is 0 Å². The molecule has 1 aromatic rings. The number of amides is 5. The molecular formula is C36H58F2N6O6S. The number of carbonyl (C=O) groups excluding carboxylic acids is 4. The Morgan fingerprint density at radius 3 is 2.08 bits per heavy atom. The number of hydrogen-bond acceptors (Lipinski definition) is 6. The maximum absolute atomic E-state index is 14.3. The van der Waals surface area contributed by atoms with Gasteiger partial charge in [-0.3, -0.25) is 14.4 Å². The minimum Gasteiger partial charge on any atom is -0.354 e. The van der Waals surface area contributed by atoms with Crippen LogP contribution in [-0.2, 0) is 24.4 Å². The summed E-state index contributed by atoms with van der Waals surface area (Å²) in [7, 11) is -2.12. The van der Waals surface area contributed by atoms with Crippen LogP contribution in [0.4, 0.5) is 13.6 Å². The number of benzene rings is 1. The molecule has 15 heteroatoms. The number of halogens is 2. The molecule has 2 fully saturated rings. The smallest absolute Gasteiger partial charge is 0.315 e. The van der Waals surface area contributed by atoms with Crippen LogP contribution in [0.2, 0.25) is 0 Å². The molecule has 5 amide bonds. The number of carbonyl (C=O) groups is 4. The second-order valence-corrected chi connectivity index (χ2v) is 19.1. The molecule has 1 saturated heterocycles. The first-order valence-electron chi connectivity index (χ1n) is 17.5. The predicted octanol–water partition coefficient (Wildman–Crippen LogP) is 3.55. The number of alkyl halides is 2. The zero-order valence-electron chi connectivity index (χ0n) is 31.8. The highest BCUT2D eigenvalue weighted by Gasteiger charge is 2.70. The van der Waals surface area contributed by atoms with E-state index >= 15 is 0 Å². The fourth-order valence-corrected chi connectivity index (χ4v) is 7.25. The third-order valence-electron chi connectivity index (χ3n) is 10.5. The maximum atomic E-state index is 14.3. The molecule has 0 aromatic heterocycles. The first kappa shape index (κ1) is 42.1. The lowest BCUT2D eigenvalue weighted by atomic mass is 9.85. The second-order valence-electron chi connectivity index (χ2n) is 17.0. The van der Waals surface area contributed by atoms with Crippen LogP contribution in [0.15, 0.2) is 30.3 Å². The number of nitrogens with one attached hydrogen (secondary N) is 4. The summed E-state index contributed by atoms with van der Waals surface area (Å²) >= 11 is 0. The van der Waals surface area contributed by atoms with E-state index in [2.05, 4.69) is 21.3 Å². The van der Waals surface area contributed by atoms with E-state index in [1.807, 2.05) is 71.9 Å². The van der Waals surface area contributed by atoms with Gasteiger partial charge in [-0.15, -0.1) is 0 Å². The van der Waals surface area contributed by atoms with Crippen LogP contribution in [0.3, 0.4) is 0 Å². The van der Waals surface area contributed by atoms with Crippen molar-refractivity contribution in [3.05, 3.63) is 35.9 Å². The summed E-state index contributed by atoms with van der Waals surface area (Å²) in [6.45, 7) is 17.1. The van der Waals surface area contributed by atoms with E-state index in [1.165, 1.54) is 11.9 Å². The molecule has 0 spiro atoms. The van der Waals surface area contributed by atoms with Crippen LogP contribution in [0.25, 0.3) is 0 Å². The number of nitrogens with zero attached hydrogens (tertiary/aromatic N) is 2. The number of hydrogen-bond donors (Lipinski definition) is 4. The Morgan fingerprint density at radius 2 is 1.57 bits per heavy atom. The maximum Gasteiger partial charge on any atom is 0.315 e. The van der Waals surface area contributed by atoms with Crippen LogP contribution in [0.5, 0.6) is 0 Å². The van der Waals surface area contributed by atoms with Gasteiger partial charge < -0.3 is 26.2 Å². The molecule has 288 valence electrons. The Hall–Kier alpha value is -3.33. The number of likely N-dealkylation sites (tertiary alicyclic amines) is 1. The normalized spacial score (nSPS) is 22.4. The van der Waals surface area contributed by atoms with E-state index in [0.29, 0.717) is 0 Å². The number of rotatable bonds is 14. The number of sulfonamides is 1. The Labute approximate surface area is 302 Å². The molecule has 1 unspecified atom stereocenters. The lowest BCUT2D eigenvalue weighted by Crippen LogP contribution is -2.62. The van der Waals surface area contributed by atoms with Crippen molar-refractivity contribution >= 4 is 33.8 Å². The summed E-state index contributed by atoms with van der Waals surface area (Å²) in [5.74, 6) is -2.39. The highest BCUT2D eigenvalue weighted by atomic mass is 32.2. The number of piperidine rings is 1. The zero-order chi connectivity index (χ0) is 38.9. The fourth-order valence-electron chi connectivity index (χ4n) is 6.83. The number of likely N-dealkylation sites (N-methyl/N-ethyl adjacent to an activating group) is 1. The summed E-state index contributed by atoms with van der Waals surface area (Å²) in [5, 5.41) is 10.9. The topological polar surface area (TPSA) is 157 Å². The van der Waals surface area contributed by atoms with Crippen LogP contribution >= 0.6 is 0 Å². The highest BCUT2D eigenvalue weighted by molar-refractivity contribution is 7.88. The molecule has 7 atom stereocenters. The van der Waals surface area contributed by atoms with Crippen molar-refractivity contribution in [2.24, 2.45) is 28.1 Å². The largest absolute Gasteiger partial charge is 0.354 e. The molecule has 1 aromatic carbocycles. The minimum atomic E-state index is -3.53. The summed E-state index contributed by atoms with van der Waals surface area (Å²) in [5.41, 5.74) is -0.729. The Kier molecular flexibility index (Phi) is 13.0. The molecule has 3 rings (SSSR count). The summed E-state index contributed by atoms with van der Waals surface area (Å²) in [4.78, 5) is 56.4. The van der Waals surface area contributed by atoms with Gasteiger partial charge in [-0.05, 0) is 39.6 Å². The fraction of sp³-hybridized carbons (Fsp3) is 0.722. The minimum absolute atomic E-state index is 0.00474. The van der Waals surface area contributed by atoms with Gasteiger partial charge in [0.1, 0.15) is 18.1 Å². The van der Waals surface area contributed by atoms with E-state index in [1.54, 1.807) is 20.8 Å². The van der Waals surface area contributed by atoms with Crippen molar-refractivity contribution in [2.45, 2.75) is 105 Å².